The first-order chi connectivity index (χ1) is 9.31. The minimum Gasteiger partial charge on any atom is -0.368 e. The fourth-order valence-electron chi connectivity index (χ4n) is 2.07. The van der Waals surface area contributed by atoms with Crippen molar-refractivity contribution in [1.29, 1.82) is 0 Å². The molecule has 0 bridgehead atoms. The van der Waals surface area contributed by atoms with Crippen LogP contribution in [0.15, 0.2) is 18.7 Å². The molecular weight excluding hydrogens is 244 g/mol. The molecule has 0 amide bonds. The van der Waals surface area contributed by atoms with E-state index in [1.807, 2.05) is 0 Å². The Morgan fingerprint density at radius 3 is 2.68 bits per heavy atom. The molecule has 1 fully saturated rings. The maximum Gasteiger partial charge on any atom is 0.244 e. The van der Waals surface area contributed by atoms with Crippen molar-refractivity contribution in [2.24, 2.45) is 0 Å². The molecule has 1 aliphatic rings. The standard InChI is InChI=1S/C11H16N8/c12-9-14-10(17-19-5-2-1-3-6-19)16-11(15-9)18-7-4-13-8-18/h4,7-8H,1-3,5-6H2,(H3,12,14,15,16,17). The third-order valence-corrected chi connectivity index (χ3v) is 2.99. The number of nitrogens with two attached hydrogens (primary N) is 1. The zero-order valence-corrected chi connectivity index (χ0v) is 10.5. The largest absolute Gasteiger partial charge is 0.368 e. The average molecular weight is 260 g/mol. The maximum atomic E-state index is 5.72. The summed E-state index contributed by atoms with van der Waals surface area (Å²) >= 11 is 0. The number of nitrogens with zero attached hydrogens (tertiary/aromatic N) is 6. The number of hydrogen-bond donors (Lipinski definition) is 2. The fraction of sp³-hybridized carbons (Fsp3) is 0.455. The van der Waals surface area contributed by atoms with Gasteiger partial charge in [0.05, 0.1) is 0 Å². The van der Waals surface area contributed by atoms with Crippen LogP contribution in [0.5, 0.6) is 0 Å². The molecule has 100 valence electrons. The molecule has 3 rings (SSSR count). The van der Waals surface area contributed by atoms with E-state index in [0.717, 1.165) is 13.1 Å². The molecule has 8 nitrogen and oxygen atoms in total. The Bertz CT molecular complexity index is 532. The van der Waals surface area contributed by atoms with Gasteiger partial charge < -0.3 is 5.73 Å². The number of nitrogen functional groups attached to an aromatic ring is 1. The van der Waals surface area contributed by atoms with Crippen LogP contribution in [0.1, 0.15) is 19.3 Å². The van der Waals surface area contributed by atoms with Gasteiger partial charge in [-0.1, -0.05) is 6.42 Å². The summed E-state index contributed by atoms with van der Waals surface area (Å²) in [6, 6.07) is 0. The number of piperidine rings is 1. The highest BCUT2D eigenvalue weighted by molar-refractivity contribution is 5.34. The van der Waals surface area contributed by atoms with Gasteiger partial charge in [0.1, 0.15) is 6.33 Å². The molecule has 2 aromatic rings. The van der Waals surface area contributed by atoms with Crippen LogP contribution in [-0.4, -0.2) is 42.6 Å². The van der Waals surface area contributed by atoms with E-state index in [0.29, 0.717) is 11.9 Å². The lowest BCUT2D eigenvalue weighted by Crippen LogP contribution is -2.35. The highest BCUT2D eigenvalue weighted by Crippen LogP contribution is 2.11. The minimum absolute atomic E-state index is 0.193. The SMILES string of the molecule is Nc1nc(NN2CCCCC2)nc(-n2ccnc2)n1. The summed E-state index contributed by atoms with van der Waals surface area (Å²) in [5.41, 5.74) is 8.90. The van der Waals surface area contributed by atoms with Gasteiger partial charge in [-0.25, -0.2) is 9.99 Å². The van der Waals surface area contributed by atoms with E-state index in [4.69, 9.17) is 5.73 Å². The van der Waals surface area contributed by atoms with Crippen molar-refractivity contribution in [3.05, 3.63) is 18.7 Å². The Hall–Kier alpha value is -2.22. The number of hydrogen-bond acceptors (Lipinski definition) is 7. The lowest BCUT2D eigenvalue weighted by atomic mass is 10.2. The molecule has 1 aliphatic heterocycles. The van der Waals surface area contributed by atoms with Gasteiger partial charge in [0, 0.05) is 25.5 Å². The fourth-order valence-corrected chi connectivity index (χ4v) is 2.07. The predicted molar refractivity (Wildman–Crippen MR) is 70.4 cm³/mol. The van der Waals surface area contributed by atoms with Crippen LogP contribution in [0.25, 0.3) is 5.95 Å². The highest BCUT2D eigenvalue weighted by Gasteiger charge is 2.12. The quantitative estimate of drug-likeness (QED) is 0.826. The molecule has 0 atom stereocenters. The highest BCUT2D eigenvalue weighted by atomic mass is 15.5. The Morgan fingerprint density at radius 1 is 1.11 bits per heavy atom. The van der Waals surface area contributed by atoms with Crippen molar-refractivity contribution in [3.63, 3.8) is 0 Å². The average Bonchev–Trinajstić information content (AvgIpc) is 2.93. The van der Waals surface area contributed by atoms with Crippen molar-refractivity contribution in [1.82, 2.24) is 29.5 Å². The Labute approximate surface area is 110 Å². The zero-order chi connectivity index (χ0) is 13.1. The molecule has 0 aromatic carbocycles. The molecule has 3 heterocycles. The molecule has 2 aromatic heterocycles. The molecular formula is C11H16N8. The smallest absolute Gasteiger partial charge is 0.244 e. The monoisotopic (exact) mass is 260 g/mol. The summed E-state index contributed by atoms with van der Waals surface area (Å²) in [6.45, 7) is 1.98. The molecule has 1 saturated heterocycles. The lowest BCUT2D eigenvalue weighted by Gasteiger charge is -2.26. The van der Waals surface area contributed by atoms with Crippen LogP contribution in [0.3, 0.4) is 0 Å². The number of anilines is 2. The second-order valence-corrected chi connectivity index (χ2v) is 4.45. The summed E-state index contributed by atoms with van der Waals surface area (Å²) in [6.07, 6.45) is 8.69. The van der Waals surface area contributed by atoms with Gasteiger partial charge in [-0.3, -0.25) is 9.99 Å². The van der Waals surface area contributed by atoms with Gasteiger partial charge in [0.2, 0.25) is 17.8 Å². The number of aromatic nitrogens is 5. The van der Waals surface area contributed by atoms with Crippen LogP contribution in [0, 0.1) is 0 Å². The van der Waals surface area contributed by atoms with Crippen molar-refractivity contribution in [3.8, 4) is 5.95 Å². The molecule has 8 heteroatoms. The molecule has 19 heavy (non-hydrogen) atoms. The molecule has 0 unspecified atom stereocenters. The third-order valence-electron chi connectivity index (χ3n) is 2.99. The number of rotatable bonds is 3. The van der Waals surface area contributed by atoms with Crippen molar-refractivity contribution in [2.75, 3.05) is 24.2 Å². The Balaban J connectivity index is 1.81. The number of hydrazine groups is 1. The van der Waals surface area contributed by atoms with Crippen LogP contribution in [-0.2, 0) is 0 Å². The molecule has 0 saturated carbocycles. The first kappa shape index (κ1) is 11.8. The van der Waals surface area contributed by atoms with Crippen LogP contribution < -0.4 is 11.2 Å². The van der Waals surface area contributed by atoms with Crippen molar-refractivity contribution < 1.29 is 0 Å². The maximum absolute atomic E-state index is 5.72. The van der Waals surface area contributed by atoms with Crippen LogP contribution >= 0.6 is 0 Å². The topological polar surface area (TPSA) is 97.8 Å². The summed E-state index contributed by atoms with van der Waals surface area (Å²) in [5.74, 6) is 1.13. The van der Waals surface area contributed by atoms with E-state index in [1.54, 1.807) is 23.3 Å². The van der Waals surface area contributed by atoms with E-state index >= 15 is 0 Å². The van der Waals surface area contributed by atoms with Crippen molar-refractivity contribution >= 4 is 11.9 Å². The van der Waals surface area contributed by atoms with Gasteiger partial charge in [-0.2, -0.15) is 15.0 Å². The summed E-state index contributed by atoms with van der Waals surface area (Å²) in [4.78, 5) is 16.5. The van der Waals surface area contributed by atoms with Gasteiger partial charge in [0.25, 0.3) is 0 Å². The number of nitrogens with one attached hydrogen (secondary N) is 1. The van der Waals surface area contributed by atoms with E-state index in [2.05, 4.69) is 30.4 Å². The van der Waals surface area contributed by atoms with E-state index < -0.39 is 0 Å². The van der Waals surface area contributed by atoms with E-state index in [-0.39, 0.29) is 5.95 Å². The summed E-state index contributed by atoms with van der Waals surface area (Å²) in [5, 5.41) is 2.11. The molecule has 0 aliphatic carbocycles. The third kappa shape index (κ3) is 2.79. The van der Waals surface area contributed by atoms with E-state index in [1.165, 1.54) is 19.3 Å². The predicted octanol–water partition coefficient (Wildman–Crippen LogP) is 0.452. The Morgan fingerprint density at radius 2 is 1.95 bits per heavy atom. The lowest BCUT2D eigenvalue weighted by molar-refractivity contribution is 0.271. The van der Waals surface area contributed by atoms with Gasteiger partial charge in [-0.15, -0.1) is 0 Å². The van der Waals surface area contributed by atoms with Gasteiger partial charge >= 0.3 is 0 Å². The first-order valence-electron chi connectivity index (χ1n) is 6.33. The zero-order valence-electron chi connectivity index (χ0n) is 10.5. The van der Waals surface area contributed by atoms with Crippen molar-refractivity contribution in [2.45, 2.75) is 19.3 Å². The Kier molecular flexibility index (Phi) is 3.23. The normalized spacial score (nSPS) is 16.4. The number of imidazole rings is 1. The van der Waals surface area contributed by atoms with Crippen LogP contribution in [0.4, 0.5) is 11.9 Å². The van der Waals surface area contributed by atoms with Gasteiger partial charge in [0.15, 0.2) is 0 Å². The first-order valence-corrected chi connectivity index (χ1v) is 6.33. The summed E-state index contributed by atoms with van der Waals surface area (Å²) in [7, 11) is 0. The second kappa shape index (κ2) is 5.19. The molecule has 0 radical (unpaired) electrons. The minimum atomic E-state index is 0.193. The van der Waals surface area contributed by atoms with Gasteiger partial charge in [-0.05, 0) is 12.8 Å². The van der Waals surface area contributed by atoms with Crippen LogP contribution in [0.2, 0.25) is 0 Å². The van der Waals surface area contributed by atoms with E-state index in [9.17, 15) is 0 Å². The molecule has 3 N–H and O–H groups in total. The summed E-state index contributed by atoms with van der Waals surface area (Å²) < 4.78 is 1.69. The second-order valence-electron chi connectivity index (χ2n) is 4.45. The molecule has 0 spiro atoms.